The molecule has 6 fully saturated rings. The maximum Gasteiger partial charge on any atom is 0.573 e. The Bertz CT molecular complexity index is 3760. The van der Waals surface area contributed by atoms with Crippen molar-refractivity contribution >= 4 is 11.6 Å². The molecule has 0 amide bonds. The van der Waals surface area contributed by atoms with Crippen molar-refractivity contribution < 1.29 is 31.1 Å². The number of hydrogen-bond donors (Lipinski definition) is 0. The van der Waals surface area contributed by atoms with E-state index in [1.54, 1.807) is 0 Å². The van der Waals surface area contributed by atoms with Gasteiger partial charge in [0.1, 0.15) is 23.2 Å². The van der Waals surface area contributed by atoms with Crippen LogP contribution in [0.4, 0.5) is 26.3 Å². The predicted molar refractivity (Wildman–Crippen MR) is 453 cm³/mol. The zero-order valence-electron chi connectivity index (χ0n) is 67.4. The van der Waals surface area contributed by atoms with E-state index in [2.05, 4.69) is 124 Å². The highest BCUT2D eigenvalue weighted by molar-refractivity contribution is 6.30. The summed E-state index contributed by atoms with van der Waals surface area (Å²) < 4.78 is 79.8. The first-order valence-corrected chi connectivity index (χ1v) is 44.1. The fraction of sp³-hybridized carbons (Fsp3) is 0.529. The molecule has 0 aliphatic heterocycles. The van der Waals surface area contributed by atoms with Gasteiger partial charge in [-0.2, -0.15) is 0 Å². The Morgan fingerprint density at radius 3 is 0.809 bits per heavy atom. The summed E-state index contributed by atoms with van der Waals surface area (Å²) in [4.78, 5) is 0. The summed E-state index contributed by atoms with van der Waals surface area (Å²) in [6.45, 7) is 11.5. The van der Waals surface area contributed by atoms with Crippen LogP contribution in [0.25, 0.3) is 33.4 Å². The van der Waals surface area contributed by atoms with Crippen LogP contribution in [0, 0.1) is 58.9 Å². The van der Waals surface area contributed by atoms with Crippen LogP contribution >= 0.6 is 11.6 Å². The topological polar surface area (TPSA) is 9.23 Å². The lowest BCUT2D eigenvalue weighted by Gasteiger charge is -2.38. The third-order valence-electron chi connectivity index (χ3n) is 26.5. The van der Waals surface area contributed by atoms with Gasteiger partial charge in [0.2, 0.25) is 0 Å². The van der Waals surface area contributed by atoms with Crippen molar-refractivity contribution in [2.24, 2.45) is 41.4 Å². The van der Waals surface area contributed by atoms with Gasteiger partial charge in [0.15, 0.2) is 0 Å². The Hall–Kier alpha value is -6.57. The zero-order valence-corrected chi connectivity index (χ0v) is 68.2. The molecule has 6 aliphatic carbocycles. The molecule has 0 atom stereocenters. The Morgan fingerprint density at radius 2 is 0.518 bits per heavy atom. The lowest BCUT2D eigenvalue weighted by Crippen LogP contribution is -2.25. The van der Waals surface area contributed by atoms with E-state index in [1.807, 2.05) is 60.7 Å². The van der Waals surface area contributed by atoms with Crippen LogP contribution in [0.1, 0.15) is 323 Å². The standard InChI is InChI=1S/C23H33F3O.C23H29F.C21H25F.C20H23F.C15H21Cl/c1-2-3-4-17-5-7-18(8-6-17)19-9-11-20(12-10-19)21-13-15-22(16-14-21)27-23(24,25)26;1-2-3-4-5-18-6-8-19(9-7-18)20-10-12-21(13-11-20)22-14-16-23(24)17-15-22;1-2-3-16-4-6-17(7-5-16)18-8-10-19(11-9-18)20-12-14-21(22)15-13-20;1-2-15-3-5-16(6-4-15)17-7-9-18(10-8-17)19-11-13-20(21)14-12-19;1-2-3-12-4-6-13(7-5-12)14-8-10-15(16)11-9-14/h13-20H,2-12H2,1H3;10-19H,2-9H2,1H3;8-17H,2-7H2,1H3;7-16H,2-6H2,1H3;8-13H,2-7H2,1H3. The summed E-state index contributed by atoms with van der Waals surface area (Å²) in [5.41, 5.74) is 13.8. The third-order valence-corrected chi connectivity index (χ3v) is 26.7. The van der Waals surface area contributed by atoms with Crippen molar-refractivity contribution in [3.8, 4) is 39.1 Å². The monoisotopic (exact) mass is 1520 g/mol. The van der Waals surface area contributed by atoms with Gasteiger partial charge in [0, 0.05) is 5.02 Å². The molecule has 594 valence electrons. The van der Waals surface area contributed by atoms with E-state index in [0.717, 1.165) is 92.4 Å². The summed E-state index contributed by atoms with van der Waals surface area (Å²) in [5, 5.41) is 0.850. The Kier molecular flexibility index (Phi) is 35.4. The van der Waals surface area contributed by atoms with Crippen LogP contribution in [0.2, 0.25) is 5.02 Å². The molecule has 8 aromatic carbocycles. The number of benzene rings is 8. The lowest BCUT2D eigenvalue weighted by molar-refractivity contribution is -0.274. The Labute approximate surface area is 665 Å². The molecule has 0 aromatic heterocycles. The number of hydrogen-bond acceptors (Lipinski definition) is 1. The fourth-order valence-electron chi connectivity index (χ4n) is 19.6. The van der Waals surface area contributed by atoms with Gasteiger partial charge < -0.3 is 4.74 Å². The van der Waals surface area contributed by atoms with E-state index in [1.165, 1.54) is 319 Å². The summed E-state index contributed by atoms with van der Waals surface area (Å²) in [6.07, 6.45) is 44.3. The van der Waals surface area contributed by atoms with E-state index < -0.39 is 6.36 Å². The smallest absolute Gasteiger partial charge is 0.406 e. The summed E-state index contributed by atoms with van der Waals surface area (Å²) in [5.74, 6) is 9.41. The van der Waals surface area contributed by atoms with Gasteiger partial charge in [-0.05, 0) is 334 Å². The molecular formula is C102H131ClF6O. The first-order chi connectivity index (χ1) is 53.5. The Morgan fingerprint density at radius 1 is 0.273 bits per heavy atom. The van der Waals surface area contributed by atoms with Gasteiger partial charge in [-0.1, -0.05) is 270 Å². The first kappa shape index (κ1) is 85.8. The molecule has 8 aromatic rings. The van der Waals surface area contributed by atoms with Crippen LogP contribution in [-0.4, -0.2) is 6.36 Å². The molecule has 0 bridgehead atoms. The number of rotatable bonds is 22. The van der Waals surface area contributed by atoms with Gasteiger partial charge >= 0.3 is 6.36 Å². The number of unbranched alkanes of at least 4 members (excludes halogenated alkanes) is 3. The second-order valence-corrected chi connectivity index (χ2v) is 34.4. The zero-order chi connectivity index (χ0) is 77.5. The Balaban J connectivity index is 0.000000148. The van der Waals surface area contributed by atoms with Crippen LogP contribution in [0.3, 0.4) is 0 Å². The van der Waals surface area contributed by atoms with E-state index in [9.17, 15) is 26.3 Å². The van der Waals surface area contributed by atoms with Gasteiger partial charge in [-0.15, -0.1) is 13.2 Å². The van der Waals surface area contributed by atoms with Gasteiger partial charge in [0.25, 0.3) is 0 Å². The van der Waals surface area contributed by atoms with E-state index in [-0.39, 0.29) is 23.2 Å². The second-order valence-electron chi connectivity index (χ2n) is 33.9. The lowest BCUT2D eigenvalue weighted by atomic mass is 9.68. The molecule has 0 radical (unpaired) electrons. The van der Waals surface area contributed by atoms with Crippen LogP contribution < -0.4 is 4.74 Å². The van der Waals surface area contributed by atoms with Gasteiger partial charge in [-0.25, -0.2) is 13.2 Å². The quantitative estimate of drug-likeness (QED) is 0.0485. The van der Waals surface area contributed by atoms with Crippen molar-refractivity contribution in [1.82, 2.24) is 0 Å². The molecule has 0 spiro atoms. The van der Waals surface area contributed by atoms with Crippen molar-refractivity contribution in [1.29, 1.82) is 0 Å². The highest BCUT2D eigenvalue weighted by Crippen LogP contribution is 2.47. The minimum Gasteiger partial charge on any atom is -0.406 e. The number of halogens is 7. The molecule has 0 heterocycles. The van der Waals surface area contributed by atoms with E-state index in [0.29, 0.717) is 5.92 Å². The predicted octanol–water partition coefficient (Wildman–Crippen LogP) is 33.4. The highest BCUT2D eigenvalue weighted by Gasteiger charge is 2.34. The molecule has 0 N–H and O–H groups in total. The fourth-order valence-corrected chi connectivity index (χ4v) is 19.7. The molecule has 8 heteroatoms. The minimum atomic E-state index is -4.62. The van der Waals surface area contributed by atoms with Gasteiger partial charge in [0.05, 0.1) is 0 Å². The van der Waals surface area contributed by atoms with Crippen LogP contribution in [-0.2, 0) is 0 Å². The maximum atomic E-state index is 13.0. The first-order valence-electron chi connectivity index (χ1n) is 43.7. The van der Waals surface area contributed by atoms with Crippen LogP contribution in [0.5, 0.6) is 5.75 Å². The number of ether oxygens (including phenoxy) is 1. The van der Waals surface area contributed by atoms with Crippen molar-refractivity contribution in [3.05, 3.63) is 244 Å². The summed E-state index contributed by atoms with van der Waals surface area (Å²) >= 11 is 5.92. The SMILES string of the molecule is CCC1CCC(c2ccc(-c3ccc(F)cc3)cc2)CC1.CCCC1CCC(c2ccc(-c3ccc(F)cc3)cc2)CC1.CCCC1CCC(c2ccc(Cl)cc2)CC1.CCCCC1CCC(C2CCC(c3ccc(OC(F)(F)F)cc3)CC2)CC1.CCCCCC1CCC(c2ccc(-c3ccc(F)cc3)cc2)CC1. The molecular weight excluding hydrogens is 1390 g/mol. The normalized spacial score (nSPS) is 24.1. The molecule has 1 nitrogen and oxygen atoms in total. The molecule has 0 unspecified atom stereocenters. The highest BCUT2D eigenvalue weighted by atomic mass is 35.5. The van der Waals surface area contributed by atoms with Crippen LogP contribution in [0.15, 0.2) is 194 Å². The van der Waals surface area contributed by atoms with Gasteiger partial charge in [-0.3, -0.25) is 0 Å². The minimum absolute atomic E-state index is 0.125. The molecule has 6 saturated carbocycles. The maximum absolute atomic E-state index is 13.0. The van der Waals surface area contributed by atoms with E-state index in [4.69, 9.17) is 11.6 Å². The van der Waals surface area contributed by atoms with Crippen molar-refractivity contribution in [3.63, 3.8) is 0 Å². The average Bonchev–Trinajstić information content (AvgIpc) is 0.795. The van der Waals surface area contributed by atoms with Crippen molar-refractivity contribution in [2.45, 2.75) is 302 Å². The average molecular weight is 1520 g/mol. The summed E-state index contributed by atoms with van der Waals surface area (Å²) in [7, 11) is 0. The number of alkyl halides is 3. The molecule has 6 aliphatic rings. The van der Waals surface area contributed by atoms with E-state index >= 15 is 0 Å². The molecule has 14 rings (SSSR count). The molecule has 110 heavy (non-hydrogen) atoms. The molecule has 0 saturated heterocycles. The van der Waals surface area contributed by atoms with Crippen molar-refractivity contribution in [2.75, 3.05) is 0 Å². The second kappa shape index (κ2) is 45.4. The summed E-state index contributed by atoms with van der Waals surface area (Å²) in [6, 6.07) is 61.9. The largest absolute Gasteiger partial charge is 0.573 e. The third kappa shape index (κ3) is 27.9.